The van der Waals surface area contributed by atoms with Crippen molar-refractivity contribution in [3.05, 3.63) is 33.8 Å². The molecule has 1 atom stereocenters. The van der Waals surface area contributed by atoms with Crippen LogP contribution in [-0.4, -0.2) is 24.5 Å². The maximum atomic E-state index is 6.16. The van der Waals surface area contributed by atoms with Gasteiger partial charge in [0.05, 0.1) is 10.0 Å². The van der Waals surface area contributed by atoms with Gasteiger partial charge in [0.25, 0.3) is 0 Å². The summed E-state index contributed by atoms with van der Waals surface area (Å²) in [7, 11) is 0. The number of nitrogens with two attached hydrogens (primary N) is 1. The molecule has 2 N–H and O–H groups in total. The summed E-state index contributed by atoms with van der Waals surface area (Å²) in [5.74, 6) is 0. The summed E-state index contributed by atoms with van der Waals surface area (Å²) in [6, 6.07) is 5.70. The molecule has 0 amide bonds. The first kappa shape index (κ1) is 13.2. The van der Waals surface area contributed by atoms with E-state index in [1.807, 2.05) is 18.2 Å². The van der Waals surface area contributed by atoms with Crippen LogP contribution in [0.4, 0.5) is 0 Å². The number of rotatable bonds is 4. The van der Waals surface area contributed by atoms with E-state index in [-0.39, 0.29) is 6.04 Å². The largest absolute Gasteiger partial charge is 0.324 e. The molecule has 4 heteroatoms. The quantitative estimate of drug-likeness (QED) is 0.910. The Morgan fingerprint density at radius 2 is 1.88 bits per heavy atom. The third kappa shape index (κ3) is 3.59. The highest BCUT2D eigenvalue weighted by atomic mass is 35.5. The maximum Gasteiger partial charge on any atom is 0.0595 e. The molecule has 0 radical (unpaired) electrons. The first-order valence-electron chi connectivity index (χ1n) is 6.09. The van der Waals surface area contributed by atoms with Crippen LogP contribution in [0.1, 0.15) is 30.9 Å². The Hall–Kier alpha value is -0.280. The van der Waals surface area contributed by atoms with E-state index in [1.54, 1.807) is 0 Å². The van der Waals surface area contributed by atoms with Gasteiger partial charge in [-0.3, -0.25) is 0 Å². The van der Waals surface area contributed by atoms with Gasteiger partial charge in [-0.2, -0.15) is 0 Å². The summed E-state index contributed by atoms with van der Waals surface area (Å²) in [5, 5.41) is 1.17. The van der Waals surface area contributed by atoms with Crippen molar-refractivity contribution in [2.45, 2.75) is 25.3 Å². The zero-order valence-corrected chi connectivity index (χ0v) is 11.3. The molecule has 94 valence electrons. The van der Waals surface area contributed by atoms with Gasteiger partial charge in [-0.1, -0.05) is 29.3 Å². The standard InChI is InChI=1S/C13H18Cl2N2/c14-11-4-3-10(9-12(11)15)13(16)5-8-17-6-1-2-7-17/h3-4,9,13H,1-2,5-8,16H2. The normalized spacial score (nSPS) is 18.5. The van der Waals surface area contributed by atoms with Crippen LogP contribution in [0, 0.1) is 0 Å². The Labute approximate surface area is 113 Å². The van der Waals surface area contributed by atoms with Crippen LogP contribution in [-0.2, 0) is 0 Å². The number of likely N-dealkylation sites (tertiary alicyclic amines) is 1. The molecule has 1 heterocycles. The minimum atomic E-state index is 0.0466. The van der Waals surface area contributed by atoms with Gasteiger partial charge >= 0.3 is 0 Å². The van der Waals surface area contributed by atoms with E-state index >= 15 is 0 Å². The monoisotopic (exact) mass is 272 g/mol. The predicted molar refractivity (Wildman–Crippen MR) is 73.7 cm³/mol. The first-order valence-corrected chi connectivity index (χ1v) is 6.85. The Morgan fingerprint density at radius 3 is 2.53 bits per heavy atom. The molecule has 0 aromatic heterocycles. The van der Waals surface area contributed by atoms with Crippen LogP contribution >= 0.6 is 23.2 Å². The molecule has 17 heavy (non-hydrogen) atoms. The molecule has 0 aliphatic carbocycles. The number of hydrogen-bond acceptors (Lipinski definition) is 2. The van der Waals surface area contributed by atoms with Crippen molar-refractivity contribution >= 4 is 23.2 Å². The van der Waals surface area contributed by atoms with E-state index in [2.05, 4.69) is 4.90 Å². The second kappa shape index (κ2) is 6.05. The fourth-order valence-corrected chi connectivity index (χ4v) is 2.54. The predicted octanol–water partition coefficient (Wildman–Crippen LogP) is 3.48. The lowest BCUT2D eigenvalue weighted by molar-refractivity contribution is 0.322. The van der Waals surface area contributed by atoms with Gasteiger partial charge in [-0.15, -0.1) is 0 Å². The van der Waals surface area contributed by atoms with Crippen LogP contribution in [0.2, 0.25) is 10.0 Å². The van der Waals surface area contributed by atoms with Gasteiger partial charge in [0.2, 0.25) is 0 Å². The lowest BCUT2D eigenvalue weighted by Crippen LogP contribution is -2.24. The highest BCUT2D eigenvalue weighted by molar-refractivity contribution is 6.42. The molecule has 2 nitrogen and oxygen atoms in total. The first-order chi connectivity index (χ1) is 8.16. The van der Waals surface area contributed by atoms with Gasteiger partial charge in [-0.05, 0) is 56.6 Å². The van der Waals surface area contributed by atoms with Crippen molar-refractivity contribution in [2.75, 3.05) is 19.6 Å². The third-order valence-electron chi connectivity index (χ3n) is 3.33. The highest BCUT2D eigenvalue weighted by Gasteiger charge is 2.14. The Balaban J connectivity index is 1.89. The van der Waals surface area contributed by atoms with E-state index in [0.29, 0.717) is 10.0 Å². The minimum absolute atomic E-state index is 0.0466. The summed E-state index contributed by atoms with van der Waals surface area (Å²) < 4.78 is 0. The summed E-state index contributed by atoms with van der Waals surface area (Å²) in [6.07, 6.45) is 3.61. The molecule has 1 aliphatic rings. The van der Waals surface area contributed by atoms with Gasteiger partial charge in [0.1, 0.15) is 0 Å². The Kier molecular flexibility index (Phi) is 4.69. The van der Waals surface area contributed by atoms with E-state index in [0.717, 1.165) is 18.5 Å². The van der Waals surface area contributed by atoms with Gasteiger partial charge in [-0.25, -0.2) is 0 Å². The second-order valence-electron chi connectivity index (χ2n) is 4.62. The van der Waals surface area contributed by atoms with Crippen LogP contribution in [0.3, 0.4) is 0 Å². The summed E-state index contributed by atoms with van der Waals surface area (Å²) >= 11 is 11.9. The highest BCUT2D eigenvalue weighted by Crippen LogP contribution is 2.26. The van der Waals surface area contributed by atoms with E-state index in [1.165, 1.54) is 25.9 Å². The van der Waals surface area contributed by atoms with Crippen molar-refractivity contribution in [3.8, 4) is 0 Å². The molecule has 0 bridgehead atoms. The average Bonchev–Trinajstić information content (AvgIpc) is 2.82. The van der Waals surface area contributed by atoms with Gasteiger partial charge in [0.15, 0.2) is 0 Å². The summed E-state index contributed by atoms with van der Waals surface area (Å²) in [4.78, 5) is 2.47. The van der Waals surface area contributed by atoms with Crippen molar-refractivity contribution < 1.29 is 0 Å². The topological polar surface area (TPSA) is 29.3 Å². The molecule has 1 aromatic carbocycles. The fourth-order valence-electron chi connectivity index (χ4n) is 2.24. The molecule has 1 aliphatic heterocycles. The zero-order valence-electron chi connectivity index (χ0n) is 9.83. The van der Waals surface area contributed by atoms with Gasteiger partial charge < -0.3 is 10.6 Å². The zero-order chi connectivity index (χ0) is 12.3. The van der Waals surface area contributed by atoms with Crippen LogP contribution in [0.25, 0.3) is 0 Å². The van der Waals surface area contributed by atoms with Gasteiger partial charge in [0, 0.05) is 6.04 Å². The summed E-state index contributed by atoms with van der Waals surface area (Å²) in [6.45, 7) is 3.50. The van der Waals surface area contributed by atoms with Crippen LogP contribution in [0.5, 0.6) is 0 Å². The molecule has 1 saturated heterocycles. The molecule has 2 rings (SSSR count). The molecule has 1 unspecified atom stereocenters. The Morgan fingerprint density at radius 1 is 1.18 bits per heavy atom. The number of halogens is 2. The maximum absolute atomic E-state index is 6.16. The number of nitrogens with zero attached hydrogens (tertiary/aromatic N) is 1. The molecule has 1 fully saturated rings. The molecular weight excluding hydrogens is 255 g/mol. The van der Waals surface area contributed by atoms with Crippen molar-refractivity contribution in [3.63, 3.8) is 0 Å². The van der Waals surface area contributed by atoms with E-state index in [9.17, 15) is 0 Å². The number of benzene rings is 1. The smallest absolute Gasteiger partial charge is 0.0595 e. The van der Waals surface area contributed by atoms with Crippen molar-refractivity contribution in [2.24, 2.45) is 5.73 Å². The molecular formula is C13H18Cl2N2. The lowest BCUT2D eigenvalue weighted by Gasteiger charge is -2.18. The molecule has 0 spiro atoms. The molecule has 1 aromatic rings. The van der Waals surface area contributed by atoms with E-state index in [4.69, 9.17) is 28.9 Å². The van der Waals surface area contributed by atoms with Crippen molar-refractivity contribution in [1.29, 1.82) is 0 Å². The van der Waals surface area contributed by atoms with E-state index < -0.39 is 0 Å². The van der Waals surface area contributed by atoms with Crippen molar-refractivity contribution in [1.82, 2.24) is 4.90 Å². The third-order valence-corrected chi connectivity index (χ3v) is 4.07. The minimum Gasteiger partial charge on any atom is -0.324 e. The SMILES string of the molecule is NC(CCN1CCCC1)c1ccc(Cl)c(Cl)c1. The summed E-state index contributed by atoms with van der Waals surface area (Å²) in [5.41, 5.74) is 7.23. The lowest BCUT2D eigenvalue weighted by atomic mass is 10.0. The van der Waals surface area contributed by atoms with Crippen LogP contribution < -0.4 is 5.73 Å². The average molecular weight is 273 g/mol. The Bertz CT molecular complexity index is 376. The number of hydrogen-bond donors (Lipinski definition) is 1. The van der Waals surface area contributed by atoms with Crippen LogP contribution in [0.15, 0.2) is 18.2 Å². The second-order valence-corrected chi connectivity index (χ2v) is 5.43. The molecule has 0 saturated carbocycles. The fraction of sp³-hybridized carbons (Fsp3) is 0.538.